The minimum Gasteiger partial charge on any atom is -0.444 e. The maximum Gasteiger partial charge on any atom is 0.412 e. The molecule has 4 N–H and O–H groups in total. The maximum atomic E-state index is 11.7. The van der Waals surface area contributed by atoms with Crippen LogP contribution in [0.3, 0.4) is 0 Å². The summed E-state index contributed by atoms with van der Waals surface area (Å²) in [5.74, 6) is 0. The third-order valence-electron chi connectivity index (χ3n) is 2.25. The van der Waals surface area contributed by atoms with E-state index < -0.39 is 17.7 Å². The summed E-state index contributed by atoms with van der Waals surface area (Å²) in [6.45, 7) is 5.21. The summed E-state index contributed by atoms with van der Waals surface area (Å²) in [4.78, 5) is 11.7. The van der Waals surface area contributed by atoms with Crippen molar-refractivity contribution in [1.82, 2.24) is 0 Å². The van der Waals surface area contributed by atoms with Crippen LogP contribution in [0.5, 0.6) is 0 Å². The van der Waals surface area contributed by atoms with Crippen LogP contribution in [0.4, 0.5) is 10.5 Å². The lowest BCUT2D eigenvalue weighted by Gasteiger charge is -2.20. The van der Waals surface area contributed by atoms with Crippen LogP contribution >= 0.6 is 15.9 Å². The Labute approximate surface area is 121 Å². The van der Waals surface area contributed by atoms with Crippen molar-refractivity contribution >= 4 is 27.7 Å². The van der Waals surface area contributed by atoms with E-state index in [9.17, 15) is 4.79 Å². The van der Waals surface area contributed by atoms with Crippen molar-refractivity contribution in [3.63, 3.8) is 0 Å². The molecule has 0 saturated heterocycles. The molecule has 1 aromatic carbocycles. The molecule has 1 rings (SSSR count). The summed E-state index contributed by atoms with van der Waals surface area (Å²) in [6.07, 6.45) is -0.539. The van der Waals surface area contributed by atoms with Crippen LogP contribution in [0.25, 0.3) is 0 Å². The van der Waals surface area contributed by atoms with Gasteiger partial charge in [-0.2, -0.15) is 0 Å². The lowest BCUT2D eigenvalue weighted by Crippen LogP contribution is -2.27. The Morgan fingerprint density at radius 1 is 1.53 bits per heavy atom. The van der Waals surface area contributed by atoms with Gasteiger partial charge in [0.15, 0.2) is 0 Å². The molecule has 0 aliphatic carbocycles. The number of ether oxygens (including phenoxy) is 1. The standard InChI is InChI=1S/C13H19BrN2O3/c1-13(2,3)19-12(18)16-11-6-8(10(15)7-17)4-5-9(11)14/h4-6,10,17H,7,15H2,1-3H3,(H,16,18). The van der Waals surface area contributed by atoms with Gasteiger partial charge in [0, 0.05) is 4.47 Å². The van der Waals surface area contributed by atoms with Crippen molar-refractivity contribution in [3.05, 3.63) is 28.2 Å². The van der Waals surface area contributed by atoms with E-state index in [1.807, 2.05) is 0 Å². The van der Waals surface area contributed by atoms with Crippen LogP contribution < -0.4 is 11.1 Å². The van der Waals surface area contributed by atoms with Gasteiger partial charge in [0.05, 0.1) is 18.3 Å². The highest BCUT2D eigenvalue weighted by Gasteiger charge is 2.17. The minimum atomic E-state index is -0.560. The van der Waals surface area contributed by atoms with E-state index in [-0.39, 0.29) is 6.61 Å². The van der Waals surface area contributed by atoms with Gasteiger partial charge in [-0.25, -0.2) is 4.79 Å². The number of carbonyl (C=O) groups excluding carboxylic acids is 1. The molecule has 1 amide bonds. The van der Waals surface area contributed by atoms with Gasteiger partial charge >= 0.3 is 6.09 Å². The Kier molecular flexibility index (Phi) is 5.34. The molecule has 0 radical (unpaired) electrons. The first kappa shape index (κ1) is 15.9. The maximum absolute atomic E-state index is 11.7. The molecule has 1 aromatic rings. The molecule has 106 valence electrons. The predicted octanol–water partition coefficient (Wildman–Crippen LogP) is 2.79. The largest absolute Gasteiger partial charge is 0.444 e. The Morgan fingerprint density at radius 3 is 2.68 bits per heavy atom. The first-order valence-corrected chi connectivity index (χ1v) is 6.68. The quantitative estimate of drug-likeness (QED) is 0.795. The monoisotopic (exact) mass is 330 g/mol. The highest BCUT2D eigenvalue weighted by molar-refractivity contribution is 9.10. The Balaban J connectivity index is 2.85. The molecule has 0 bridgehead atoms. The molecule has 0 spiro atoms. The number of carbonyl (C=O) groups is 1. The van der Waals surface area contributed by atoms with Crippen LogP contribution in [0.15, 0.2) is 22.7 Å². The molecule has 0 heterocycles. The fourth-order valence-electron chi connectivity index (χ4n) is 1.39. The molecule has 0 fully saturated rings. The second-order valence-corrected chi connectivity index (χ2v) is 6.01. The molecule has 0 aromatic heterocycles. The van der Waals surface area contributed by atoms with Gasteiger partial charge in [-0.15, -0.1) is 0 Å². The summed E-state index contributed by atoms with van der Waals surface area (Å²) in [5.41, 5.74) is 6.46. The number of benzene rings is 1. The van der Waals surface area contributed by atoms with Crippen molar-refractivity contribution in [3.8, 4) is 0 Å². The number of aliphatic hydroxyl groups is 1. The van der Waals surface area contributed by atoms with Crippen molar-refractivity contribution in [2.75, 3.05) is 11.9 Å². The van der Waals surface area contributed by atoms with E-state index in [0.29, 0.717) is 10.2 Å². The zero-order valence-electron chi connectivity index (χ0n) is 11.2. The number of nitrogens with one attached hydrogen (secondary N) is 1. The lowest BCUT2D eigenvalue weighted by molar-refractivity contribution is 0.0636. The smallest absolute Gasteiger partial charge is 0.412 e. The molecule has 0 saturated carbocycles. The summed E-state index contributed by atoms with van der Waals surface area (Å²) < 4.78 is 5.89. The fraction of sp³-hybridized carbons (Fsp3) is 0.462. The van der Waals surface area contributed by atoms with Crippen LogP contribution in [-0.2, 0) is 4.74 Å². The molecule has 5 nitrogen and oxygen atoms in total. The second kappa shape index (κ2) is 6.36. The number of anilines is 1. The van der Waals surface area contributed by atoms with Crippen LogP contribution in [0.2, 0.25) is 0 Å². The Morgan fingerprint density at radius 2 is 2.16 bits per heavy atom. The van der Waals surface area contributed by atoms with Gasteiger partial charge in [0.1, 0.15) is 5.60 Å². The molecular formula is C13H19BrN2O3. The Hall–Kier alpha value is -1.11. The van der Waals surface area contributed by atoms with Crippen LogP contribution in [0.1, 0.15) is 32.4 Å². The van der Waals surface area contributed by atoms with Gasteiger partial charge in [-0.3, -0.25) is 5.32 Å². The number of halogens is 1. The number of aliphatic hydroxyl groups excluding tert-OH is 1. The molecular weight excluding hydrogens is 312 g/mol. The van der Waals surface area contributed by atoms with E-state index in [1.54, 1.807) is 39.0 Å². The topological polar surface area (TPSA) is 84.6 Å². The molecule has 19 heavy (non-hydrogen) atoms. The van der Waals surface area contributed by atoms with Gasteiger partial charge in [-0.05, 0) is 54.4 Å². The van der Waals surface area contributed by atoms with Gasteiger partial charge in [0.25, 0.3) is 0 Å². The first-order valence-electron chi connectivity index (χ1n) is 5.89. The summed E-state index contributed by atoms with van der Waals surface area (Å²) in [6, 6.07) is 4.77. The third kappa shape index (κ3) is 5.18. The van der Waals surface area contributed by atoms with Crippen molar-refractivity contribution in [2.24, 2.45) is 5.73 Å². The summed E-state index contributed by atoms with van der Waals surface area (Å²) >= 11 is 3.34. The van der Waals surface area contributed by atoms with Crippen LogP contribution in [-0.4, -0.2) is 23.4 Å². The zero-order chi connectivity index (χ0) is 14.6. The first-order chi connectivity index (χ1) is 8.73. The molecule has 6 heteroatoms. The molecule has 0 aliphatic heterocycles. The summed E-state index contributed by atoms with van der Waals surface area (Å²) in [7, 11) is 0. The zero-order valence-corrected chi connectivity index (χ0v) is 12.8. The summed E-state index contributed by atoms with van der Waals surface area (Å²) in [5, 5.41) is 11.7. The van der Waals surface area contributed by atoms with Crippen LogP contribution in [0, 0.1) is 0 Å². The molecule has 1 atom stereocenters. The number of hydrogen-bond acceptors (Lipinski definition) is 4. The lowest BCUT2D eigenvalue weighted by atomic mass is 10.1. The van der Waals surface area contributed by atoms with Crippen molar-refractivity contribution < 1.29 is 14.6 Å². The molecule has 1 unspecified atom stereocenters. The van der Waals surface area contributed by atoms with Gasteiger partial charge < -0.3 is 15.6 Å². The Bertz CT molecular complexity index is 458. The number of amides is 1. The van der Waals surface area contributed by atoms with Gasteiger partial charge in [-0.1, -0.05) is 6.07 Å². The highest BCUT2D eigenvalue weighted by atomic mass is 79.9. The molecule has 0 aliphatic rings. The third-order valence-corrected chi connectivity index (χ3v) is 2.94. The van der Waals surface area contributed by atoms with E-state index in [0.717, 1.165) is 5.56 Å². The number of rotatable bonds is 3. The van der Waals surface area contributed by atoms with E-state index in [2.05, 4.69) is 21.2 Å². The average Bonchev–Trinajstić information content (AvgIpc) is 2.28. The predicted molar refractivity (Wildman–Crippen MR) is 78.0 cm³/mol. The van der Waals surface area contributed by atoms with E-state index in [1.165, 1.54) is 0 Å². The average molecular weight is 331 g/mol. The SMILES string of the molecule is CC(C)(C)OC(=O)Nc1cc(C(N)CO)ccc1Br. The number of hydrogen-bond donors (Lipinski definition) is 3. The van der Waals surface area contributed by atoms with Crippen molar-refractivity contribution in [1.29, 1.82) is 0 Å². The van der Waals surface area contributed by atoms with Crippen molar-refractivity contribution in [2.45, 2.75) is 32.4 Å². The van der Waals surface area contributed by atoms with Gasteiger partial charge in [0.2, 0.25) is 0 Å². The highest BCUT2D eigenvalue weighted by Crippen LogP contribution is 2.26. The van der Waals surface area contributed by atoms with E-state index in [4.69, 9.17) is 15.6 Å². The van der Waals surface area contributed by atoms with E-state index >= 15 is 0 Å². The fourth-order valence-corrected chi connectivity index (χ4v) is 1.73. The normalized spacial score (nSPS) is 12.9. The second-order valence-electron chi connectivity index (χ2n) is 5.16. The minimum absolute atomic E-state index is 0.159. The number of nitrogens with two attached hydrogens (primary N) is 1.